The monoisotopic (exact) mass is 151 g/mol. The first-order chi connectivity index (χ1) is 5.18. The number of aromatic nitrogens is 2. The number of nitrogens with two attached hydrogens (primary N) is 1. The Balaban J connectivity index is 2.06. The predicted molar refractivity (Wildman–Crippen MR) is 43.1 cm³/mol. The fourth-order valence-electron chi connectivity index (χ4n) is 1.19. The van der Waals surface area contributed by atoms with Crippen molar-refractivity contribution in [2.45, 2.75) is 31.8 Å². The molecule has 0 saturated heterocycles. The molecule has 1 aromatic rings. The molecule has 2 N–H and O–H groups in total. The smallest absolute Gasteiger partial charge is 0.0589 e. The van der Waals surface area contributed by atoms with E-state index in [-0.39, 0.29) is 5.54 Å². The fourth-order valence-corrected chi connectivity index (χ4v) is 1.19. The minimum Gasteiger partial charge on any atom is -0.324 e. The molecule has 1 aliphatic rings. The minimum atomic E-state index is 0.0679. The van der Waals surface area contributed by atoms with Crippen molar-refractivity contribution in [2.75, 3.05) is 0 Å². The summed E-state index contributed by atoms with van der Waals surface area (Å²) in [4.78, 5) is 0. The number of hydrogen-bond donors (Lipinski definition) is 1. The zero-order valence-electron chi connectivity index (χ0n) is 6.75. The number of rotatable bonds is 2. The van der Waals surface area contributed by atoms with E-state index in [4.69, 9.17) is 5.73 Å². The van der Waals surface area contributed by atoms with Gasteiger partial charge in [0.1, 0.15) is 0 Å². The molecule has 1 saturated carbocycles. The molecule has 60 valence electrons. The van der Waals surface area contributed by atoms with E-state index in [2.05, 4.69) is 5.10 Å². The van der Waals surface area contributed by atoms with Crippen LogP contribution in [0.2, 0.25) is 0 Å². The Kier molecular flexibility index (Phi) is 1.29. The van der Waals surface area contributed by atoms with Gasteiger partial charge in [-0.15, -0.1) is 0 Å². The van der Waals surface area contributed by atoms with Gasteiger partial charge in [0.25, 0.3) is 0 Å². The lowest BCUT2D eigenvalue weighted by Gasteiger charge is -2.07. The summed E-state index contributed by atoms with van der Waals surface area (Å²) < 4.78 is 1.93. The van der Waals surface area contributed by atoms with Crippen LogP contribution in [0, 0.1) is 6.92 Å². The van der Waals surface area contributed by atoms with Gasteiger partial charge in [0.15, 0.2) is 0 Å². The molecule has 3 nitrogen and oxygen atoms in total. The van der Waals surface area contributed by atoms with E-state index in [1.807, 2.05) is 24.0 Å². The van der Waals surface area contributed by atoms with Gasteiger partial charge in [0.05, 0.1) is 12.7 Å². The third-order valence-electron chi connectivity index (χ3n) is 2.13. The first-order valence-corrected chi connectivity index (χ1v) is 3.96. The second-order valence-electron chi connectivity index (χ2n) is 3.58. The van der Waals surface area contributed by atoms with E-state index in [9.17, 15) is 0 Å². The van der Waals surface area contributed by atoms with Crippen LogP contribution in [0.3, 0.4) is 0 Å². The normalized spacial score (nSPS) is 20.2. The molecule has 3 heteroatoms. The van der Waals surface area contributed by atoms with Gasteiger partial charge in [0.2, 0.25) is 0 Å². The maximum Gasteiger partial charge on any atom is 0.0589 e. The summed E-state index contributed by atoms with van der Waals surface area (Å²) in [5.74, 6) is 0. The quantitative estimate of drug-likeness (QED) is 0.675. The van der Waals surface area contributed by atoms with Gasteiger partial charge in [-0.3, -0.25) is 4.68 Å². The summed E-state index contributed by atoms with van der Waals surface area (Å²) in [7, 11) is 0. The zero-order chi connectivity index (χ0) is 7.90. The molecule has 11 heavy (non-hydrogen) atoms. The van der Waals surface area contributed by atoms with Gasteiger partial charge in [-0.25, -0.2) is 0 Å². The lowest BCUT2D eigenvalue weighted by Crippen LogP contribution is -2.28. The molecule has 2 rings (SSSR count). The van der Waals surface area contributed by atoms with Crippen LogP contribution in [0.4, 0.5) is 0 Å². The first kappa shape index (κ1) is 6.85. The molecule has 0 aliphatic heterocycles. The molecular formula is C8H13N3. The van der Waals surface area contributed by atoms with Gasteiger partial charge in [-0.2, -0.15) is 5.10 Å². The Morgan fingerprint density at radius 3 is 2.91 bits per heavy atom. The maximum atomic E-state index is 5.93. The Morgan fingerprint density at radius 2 is 2.45 bits per heavy atom. The Morgan fingerprint density at radius 1 is 1.73 bits per heavy atom. The van der Waals surface area contributed by atoms with E-state index in [0.717, 1.165) is 19.4 Å². The summed E-state index contributed by atoms with van der Waals surface area (Å²) in [6, 6.07) is 0. The Hall–Kier alpha value is -0.830. The number of nitrogens with zero attached hydrogens (tertiary/aromatic N) is 2. The summed E-state index contributed by atoms with van der Waals surface area (Å²) >= 11 is 0. The van der Waals surface area contributed by atoms with E-state index in [1.54, 1.807) is 0 Å². The second kappa shape index (κ2) is 2.08. The van der Waals surface area contributed by atoms with Crippen molar-refractivity contribution in [1.29, 1.82) is 0 Å². The third kappa shape index (κ3) is 1.43. The molecular weight excluding hydrogens is 138 g/mol. The Bertz CT molecular complexity index is 260. The zero-order valence-corrected chi connectivity index (χ0v) is 6.75. The second-order valence-corrected chi connectivity index (χ2v) is 3.58. The lowest BCUT2D eigenvalue weighted by molar-refractivity contribution is 0.500. The Labute approximate surface area is 66.2 Å². The highest BCUT2D eigenvalue weighted by atomic mass is 15.3. The molecule has 1 aromatic heterocycles. The van der Waals surface area contributed by atoms with Crippen LogP contribution in [-0.4, -0.2) is 15.3 Å². The predicted octanol–water partition coefficient (Wildman–Crippen LogP) is 0.683. The van der Waals surface area contributed by atoms with Crippen molar-refractivity contribution in [3.05, 3.63) is 18.0 Å². The molecule has 0 atom stereocenters. The van der Waals surface area contributed by atoms with Gasteiger partial charge < -0.3 is 5.73 Å². The van der Waals surface area contributed by atoms with Crippen molar-refractivity contribution in [2.24, 2.45) is 5.73 Å². The highest BCUT2D eigenvalue weighted by Gasteiger charge is 2.38. The molecule has 0 amide bonds. The van der Waals surface area contributed by atoms with Crippen LogP contribution in [0.1, 0.15) is 18.4 Å². The standard InChI is InChI=1S/C8H13N3/c1-7-4-10-11(5-7)6-8(9)2-3-8/h4-5H,2-3,6,9H2,1H3. The van der Waals surface area contributed by atoms with Crippen molar-refractivity contribution in [3.63, 3.8) is 0 Å². The number of aryl methyl sites for hydroxylation is 1. The van der Waals surface area contributed by atoms with E-state index >= 15 is 0 Å². The topological polar surface area (TPSA) is 43.8 Å². The molecule has 0 unspecified atom stereocenters. The molecule has 0 bridgehead atoms. The van der Waals surface area contributed by atoms with Gasteiger partial charge in [-0.05, 0) is 25.3 Å². The highest BCUT2D eigenvalue weighted by molar-refractivity contribution is 5.03. The van der Waals surface area contributed by atoms with Crippen LogP contribution in [0.15, 0.2) is 12.4 Å². The van der Waals surface area contributed by atoms with Crippen LogP contribution >= 0.6 is 0 Å². The van der Waals surface area contributed by atoms with Crippen LogP contribution < -0.4 is 5.73 Å². The third-order valence-corrected chi connectivity index (χ3v) is 2.13. The van der Waals surface area contributed by atoms with Crippen LogP contribution in [0.25, 0.3) is 0 Å². The SMILES string of the molecule is Cc1cnn(CC2(N)CC2)c1. The average molecular weight is 151 g/mol. The molecule has 1 heterocycles. The summed E-state index contributed by atoms with van der Waals surface area (Å²) in [6.07, 6.45) is 6.19. The van der Waals surface area contributed by atoms with E-state index < -0.39 is 0 Å². The number of hydrogen-bond acceptors (Lipinski definition) is 2. The van der Waals surface area contributed by atoms with E-state index in [0.29, 0.717) is 0 Å². The van der Waals surface area contributed by atoms with Crippen molar-refractivity contribution in [3.8, 4) is 0 Å². The molecule has 1 fully saturated rings. The molecule has 0 aromatic carbocycles. The maximum absolute atomic E-state index is 5.93. The molecule has 0 spiro atoms. The lowest BCUT2D eigenvalue weighted by atomic mass is 10.3. The summed E-state index contributed by atoms with van der Waals surface area (Å²) in [5.41, 5.74) is 7.20. The van der Waals surface area contributed by atoms with Crippen molar-refractivity contribution in [1.82, 2.24) is 9.78 Å². The molecule has 0 radical (unpaired) electrons. The summed E-state index contributed by atoms with van der Waals surface area (Å²) in [6.45, 7) is 2.92. The largest absolute Gasteiger partial charge is 0.324 e. The minimum absolute atomic E-state index is 0.0679. The summed E-state index contributed by atoms with van der Waals surface area (Å²) in [5, 5.41) is 4.18. The average Bonchev–Trinajstić information content (AvgIpc) is 2.49. The van der Waals surface area contributed by atoms with Crippen molar-refractivity contribution >= 4 is 0 Å². The van der Waals surface area contributed by atoms with Gasteiger partial charge >= 0.3 is 0 Å². The molecule has 1 aliphatic carbocycles. The van der Waals surface area contributed by atoms with Crippen LogP contribution in [-0.2, 0) is 6.54 Å². The highest BCUT2D eigenvalue weighted by Crippen LogP contribution is 2.33. The van der Waals surface area contributed by atoms with Gasteiger partial charge in [-0.1, -0.05) is 0 Å². The van der Waals surface area contributed by atoms with Gasteiger partial charge in [0, 0.05) is 11.7 Å². The fraction of sp³-hybridized carbons (Fsp3) is 0.625. The van der Waals surface area contributed by atoms with Crippen LogP contribution in [0.5, 0.6) is 0 Å². The van der Waals surface area contributed by atoms with Crippen molar-refractivity contribution < 1.29 is 0 Å². The first-order valence-electron chi connectivity index (χ1n) is 3.96. The van der Waals surface area contributed by atoms with E-state index in [1.165, 1.54) is 5.56 Å².